The van der Waals surface area contributed by atoms with Crippen molar-refractivity contribution in [2.45, 2.75) is 13.3 Å². The molecular formula is C8H13IO3. The molecule has 70 valence electrons. The van der Waals surface area contributed by atoms with Gasteiger partial charge in [0.15, 0.2) is 0 Å². The minimum absolute atomic E-state index is 0.355. The second kappa shape index (κ2) is 8.83. The number of carbonyl (C=O) groups is 1. The molecule has 3 nitrogen and oxygen atoms in total. The summed E-state index contributed by atoms with van der Waals surface area (Å²) in [7, 11) is 0. The van der Waals surface area contributed by atoms with Crippen LogP contribution in [0.4, 0.5) is 0 Å². The Kier molecular flexibility index (Phi) is 8.64. The van der Waals surface area contributed by atoms with Gasteiger partial charge in [0.2, 0.25) is 0 Å². The molecule has 0 bridgehead atoms. The Morgan fingerprint density at radius 2 is 2.33 bits per heavy atom. The SMILES string of the molecule is CCOC(=O)/C=C/OCCCI. The van der Waals surface area contributed by atoms with Crippen molar-refractivity contribution in [1.29, 1.82) is 0 Å². The first kappa shape index (κ1) is 11.7. The van der Waals surface area contributed by atoms with Crippen molar-refractivity contribution in [3.63, 3.8) is 0 Å². The van der Waals surface area contributed by atoms with Crippen LogP contribution in [-0.2, 0) is 14.3 Å². The number of hydrogen-bond acceptors (Lipinski definition) is 3. The van der Waals surface area contributed by atoms with Crippen molar-refractivity contribution < 1.29 is 14.3 Å². The first-order valence-electron chi connectivity index (χ1n) is 3.82. The molecule has 0 aliphatic rings. The zero-order chi connectivity index (χ0) is 9.23. The van der Waals surface area contributed by atoms with Gasteiger partial charge in [-0.05, 0) is 13.3 Å². The molecule has 0 aliphatic carbocycles. The van der Waals surface area contributed by atoms with Gasteiger partial charge in [-0.3, -0.25) is 0 Å². The molecule has 0 N–H and O–H groups in total. The Hall–Kier alpha value is -0.260. The highest BCUT2D eigenvalue weighted by molar-refractivity contribution is 14.1. The van der Waals surface area contributed by atoms with Crippen LogP contribution >= 0.6 is 22.6 Å². The van der Waals surface area contributed by atoms with Crippen LogP contribution in [0.15, 0.2) is 12.3 Å². The van der Waals surface area contributed by atoms with Crippen LogP contribution in [0.2, 0.25) is 0 Å². The molecule has 0 saturated carbocycles. The third-order valence-electron chi connectivity index (χ3n) is 0.983. The lowest BCUT2D eigenvalue weighted by Gasteiger charge is -1.97. The quantitative estimate of drug-likeness (QED) is 0.187. The molecule has 0 amide bonds. The van der Waals surface area contributed by atoms with Gasteiger partial charge in [-0.1, -0.05) is 22.6 Å². The van der Waals surface area contributed by atoms with Gasteiger partial charge in [0.05, 0.1) is 25.6 Å². The maximum Gasteiger partial charge on any atom is 0.333 e. The molecule has 0 fully saturated rings. The molecule has 0 spiro atoms. The second-order valence-corrected chi connectivity index (χ2v) is 3.05. The molecule has 0 atom stereocenters. The van der Waals surface area contributed by atoms with Crippen LogP contribution in [0.25, 0.3) is 0 Å². The zero-order valence-electron chi connectivity index (χ0n) is 7.09. The summed E-state index contributed by atoms with van der Waals surface area (Å²) in [6, 6.07) is 0. The molecule has 0 radical (unpaired) electrons. The average molecular weight is 284 g/mol. The van der Waals surface area contributed by atoms with Crippen LogP contribution < -0.4 is 0 Å². The van der Waals surface area contributed by atoms with E-state index in [2.05, 4.69) is 27.3 Å². The summed E-state index contributed by atoms with van der Waals surface area (Å²) < 4.78 is 10.7. The number of halogens is 1. The molecule has 0 aromatic carbocycles. The third-order valence-corrected chi connectivity index (χ3v) is 1.75. The van der Waals surface area contributed by atoms with E-state index in [0.29, 0.717) is 13.2 Å². The predicted molar refractivity (Wildman–Crippen MR) is 55.2 cm³/mol. The van der Waals surface area contributed by atoms with Crippen LogP contribution in [0.3, 0.4) is 0 Å². The number of esters is 1. The van der Waals surface area contributed by atoms with E-state index in [1.807, 2.05) is 0 Å². The summed E-state index contributed by atoms with van der Waals surface area (Å²) in [6.45, 7) is 2.82. The molecule has 0 rings (SSSR count). The number of rotatable bonds is 6. The van der Waals surface area contributed by atoms with E-state index < -0.39 is 0 Å². The molecule has 0 saturated heterocycles. The Morgan fingerprint density at radius 1 is 1.58 bits per heavy atom. The van der Waals surface area contributed by atoms with Crippen LogP contribution in [0, 0.1) is 0 Å². The van der Waals surface area contributed by atoms with E-state index in [0.717, 1.165) is 10.8 Å². The summed E-state index contributed by atoms with van der Waals surface area (Å²) in [5.74, 6) is -0.355. The van der Waals surface area contributed by atoms with Gasteiger partial charge in [-0.25, -0.2) is 4.79 Å². The Morgan fingerprint density at radius 3 is 2.92 bits per heavy atom. The molecule has 4 heteroatoms. The Labute approximate surface area is 86.3 Å². The van der Waals surface area contributed by atoms with E-state index >= 15 is 0 Å². The van der Waals surface area contributed by atoms with Gasteiger partial charge >= 0.3 is 5.97 Å². The van der Waals surface area contributed by atoms with Crippen molar-refractivity contribution >= 4 is 28.6 Å². The predicted octanol–water partition coefficient (Wildman–Crippen LogP) is 1.90. The number of ether oxygens (including phenoxy) is 2. The first-order chi connectivity index (χ1) is 5.81. The second-order valence-electron chi connectivity index (χ2n) is 1.97. The number of carbonyl (C=O) groups excluding carboxylic acids is 1. The standard InChI is InChI=1S/C8H13IO3/c1-2-12-8(10)4-7-11-6-3-5-9/h4,7H,2-3,5-6H2,1H3/b7-4+. The molecule has 12 heavy (non-hydrogen) atoms. The summed E-state index contributed by atoms with van der Waals surface area (Å²) in [6.07, 6.45) is 3.66. The van der Waals surface area contributed by atoms with Crippen LogP contribution in [0.1, 0.15) is 13.3 Å². The van der Waals surface area contributed by atoms with Crippen molar-refractivity contribution in [2.24, 2.45) is 0 Å². The Balaban J connectivity index is 3.29. The van der Waals surface area contributed by atoms with Gasteiger partial charge in [0, 0.05) is 4.43 Å². The maximum absolute atomic E-state index is 10.7. The number of hydrogen-bond donors (Lipinski definition) is 0. The topological polar surface area (TPSA) is 35.5 Å². The van der Waals surface area contributed by atoms with E-state index in [9.17, 15) is 4.79 Å². The van der Waals surface area contributed by atoms with Gasteiger partial charge in [0.1, 0.15) is 0 Å². The van der Waals surface area contributed by atoms with Gasteiger partial charge in [-0.2, -0.15) is 0 Å². The highest BCUT2D eigenvalue weighted by Gasteiger charge is 1.91. The fraction of sp³-hybridized carbons (Fsp3) is 0.625. The van der Waals surface area contributed by atoms with Gasteiger partial charge in [-0.15, -0.1) is 0 Å². The molecule has 0 aliphatic heterocycles. The van der Waals surface area contributed by atoms with Crippen LogP contribution in [-0.4, -0.2) is 23.6 Å². The molecular weight excluding hydrogens is 271 g/mol. The molecule has 0 unspecified atom stereocenters. The monoisotopic (exact) mass is 284 g/mol. The van der Waals surface area contributed by atoms with Gasteiger partial charge < -0.3 is 9.47 Å². The zero-order valence-corrected chi connectivity index (χ0v) is 9.24. The van der Waals surface area contributed by atoms with E-state index in [4.69, 9.17) is 4.74 Å². The summed E-state index contributed by atoms with van der Waals surface area (Å²) >= 11 is 2.27. The normalized spacial score (nSPS) is 10.2. The lowest BCUT2D eigenvalue weighted by molar-refractivity contribution is -0.137. The highest BCUT2D eigenvalue weighted by atomic mass is 127. The summed E-state index contributed by atoms with van der Waals surface area (Å²) in [5, 5.41) is 0. The van der Waals surface area contributed by atoms with Crippen molar-refractivity contribution in [3.05, 3.63) is 12.3 Å². The van der Waals surface area contributed by atoms with Gasteiger partial charge in [0.25, 0.3) is 0 Å². The molecule has 0 aromatic heterocycles. The fourth-order valence-electron chi connectivity index (χ4n) is 0.500. The largest absolute Gasteiger partial charge is 0.501 e. The molecule has 0 aromatic rings. The minimum Gasteiger partial charge on any atom is -0.501 e. The van der Waals surface area contributed by atoms with Crippen molar-refractivity contribution in [2.75, 3.05) is 17.6 Å². The minimum atomic E-state index is -0.355. The highest BCUT2D eigenvalue weighted by Crippen LogP contribution is 1.90. The first-order valence-corrected chi connectivity index (χ1v) is 5.34. The van der Waals surface area contributed by atoms with E-state index in [1.54, 1.807) is 6.92 Å². The molecule has 0 heterocycles. The van der Waals surface area contributed by atoms with E-state index in [1.165, 1.54) is 12.3 Å². The summed E-state index contributed by atoms with van der Waals surface area (Å²) in [5.41, 5.74) is 0. The summed E-state index contributed by atoms with van der Waals surface area (Å²) in [4.78, 5) is 10.7. The van der Waals surface area contributed by atoms with Crippen molar-refractivity contribution in [3.8, 4) is 0 Å². The number of alkyl halides is 1. The maximum atomic E-state index is 10.7. The fourth-order valence-corrected chi connectivity index (χ4v) is 0.811. The van der Waals surface area contributed by atoms with Crippen LogP contribution in [0.5, 0.6) is 0 Å². The lowest BCUT2D eigenvalue weighted by atomic mass is 10.5. The Bertz CT molecular complexity index is 145. The van der Waals surface area contributed by atoms with Crippen molar-refractivity contribution in [1.82, 2.24) is 0 Å². The lowest BCUT2D eigenvalue weighted by Crippen LogP contribution is -1.99. The van der Waals surface area contributed by atoms with E-state index in [-0.39, 0.29) is 5.97 Å². The third kappa shape index (κ3) is 7.84. The average Bonchev–Trinajstić information content (AvgIpc) is 2.05. The smallest absolute Gasteiger partial charge is 0.333 e.